The first-order chi connectivity index (χ1) is 12.9. The molecule has 0 spiro atoms. The highest BCUT2D eigenvalue weighted by atomic mass is 16.6. The van der Waals surface area contributed by atoms with E-state index in [4.69, 9.17) is 0 Å². The molecule has 27 heavy (non-hydrogen) atoms. The average molecular weight is 371 g/mol. The maximum atomic E-state index is 10.7. The topological polar surface area (TPSA) is 124 Å². The fourth-order valence-corrected chi connectivity index (χ4v) is 2.52. The third-order valence-corrected chi connectivity index (χ3v) is 4.02. The van der Waals surface area contributed by atoms with Crippen LogP contribution < -0.4 is 0 Å². The number of benzene rings is 2. The summed E-state index contributed by atoms with van der Waals surface area (Å²) in [4.78, 5) is 10.1. The van der Waals surface area contributed by atoms with Crippen molar-refractivity contribution in [3.63, 3.8) is 0 Å². The van der Waals surface area contributed by atoms with Crippen molar-refractivity contribution in [3.05, 3.63) is 87.2 Å². The Bertz CT molecular complexity index is 840. The first kappa shape index (κ1) is 20.4. The number of aliphatic hydroxyl groups excluding tert-OH is 3. The van der Waals surface area contributed by atoms with Crippen LogP contribution in [0, 0.1) is 10.1 Å². The van der Waals surface area contributed by atoms with E-state index in [0.29, 0.717) is 16.7 Å². The second kappa shape index (κ2) is 9.66. The minimum Gasteiger partial charge on any atom is -0.508 e. The maximum absolute atomic E-state index is 10.7. The molecule has 0 bridgehead atoms. The lowest BCUT2D eigenvalue weighted by Crippen LogP contribution is -2.02. The van der Waals surface area contributed by atoms with Crippen LogP contribution in [0.3, 0.4) is 0 Å². The molecule has 0 unspecified atom stereocenters. The highest BCUT2D eigenvalue weighted by molar-refractivity contribution is 5.34. The molecule has 0 aliphatic heterocycles. The molecule has 7 heteroatoms. The zero-order valence-corrected chi connectivity index (χ0v) is 14.5. The summed E-state index contributed by atoms with van der Waals surface area (Å²) >= 11 is 0. The Balaban J connectivity index is 2.02. The number of phenols is 1. The Labute approximate surface area is 156 Å². The summed E-state index contributed by atoms with van der Waals surface area (Å²) in [5.41, 5.74) is 4.29. The third-order valence-electron chi connectivity index (χ3n) is 4.02. The van der Waals surface area contributed by atoms with Crippen LogP contribution in [0.5, 0.6) is 5.75 Å². The van der Waals surface area contributed by atoms with E-state index >= 15 is 0 Å². The number of non-ortho nitro benzene ring substituents is 1. The van der Waals surface area contributed by atoms with Crippen LogP contribution in [0.15, 0.2) is 65.9 Å². The van der Waals surface area contributed by atoms with Gasteiger partial charge in [-0.1, -0.05) is 12.1 Å². The molecule has 0 fully saturated rings. The van der Waals surface area contributed by atoms with Gasteiger partial charge in [0, 0.05) is 25.0 Å². The zero-order chi connectivity index (χ0) is 19.8. The van der Waals surface area contributed by atoms with Crippen molar-refractivity contribution in [1.29, 1.82) is 0 Å². The predicted octanol–water partition coefficient (Wildman–Crippen LogP) is 2.92. The van der Waals surface area contributed by atoms with E-state index in [9.17, 15) is 30.5 Å². The summed E-state index contributed by atoms with van der Waals surface area (Å²) in [6.45, 7) is -0.317. The Morgan fingerprint density at radius 2 is 1.81 bits per heavy atom. The quantitative estimate of drug-likeness (QED) is 0.321. The van der Waals surface area contributed by atoms with Gasteiger partial charge in [-0.3, -0.25) is 10.1 Å². The Morgan fingerprint density at radius 1 is 1.11 bits per heavy atom. The van der Waals surface area contributed by atoms with E-state index in [2.05, 4.69) is 5.73 Å². The zero-order valence-electron chi connectivity index (χ0n) is 14.5. The van der Waals surface area contributed by atoms with Gasteiger partial charge in [0.15, 0.2) is 0 Å². The van der Waals surface area contributed by atoms with Gasteiger partial charge in [0.2, 0.25) is 0 Å². The number of aromatic hydroxyl groups is 1. The SMILES string of the molecule is O=[N+]([O-])c1ccc([C@H](O)CC(=C=CC[C@@H](O)c2cccc(O)c2)CO)cc1. The van der Waals surface area contributed by atoms with Gasteiger partial charge in [0.05, 0.1) is 23.7 Å². The van der Waals surface area contributed by atoms with Gasteiger partial charge in [0.1, 0.15) is 5.75 Å². The smallest absolute Gasteiger partial charge is 0.269 e. The Hall–Kier alpha value is -2.96. The third kappa shape index (κ3) is 6.06. The molecule has 0 saturated carbocycles. The van der Waals surface area contributed by atoms with E-state index < -0.39 is 17.1 Å². The molecule has 0 aliphatic carbocycles. The van der Waals surface area contributed by atoms with Gasteiger partial charge in [-0.05, 0) is 47.0 Å². The molecule has 2 aromatic carbocycles. The van der Waals surface area contributed by atoms with Crippen LogP contribution in [0.4, 0.5) is 5.69 Å². The highest BCUT2D eigenvalue weighted by Gasteiger charge is 2.12. The molecule has 2 rings (SSSR count). The van der Waals surface area contributed by atoms with E-state index in [1.165, 1.54) is 36.4 Å². The Morgan fingerprint density at radius 3 is 2.41 bits per heavy atom. The first-order valence-corrected chi connectivity index (χ1v) is 8.34. The van der Waals surface area contributed by atoms with E-state index in [0.717, 1.165) is 0 Å². The normalized spacial score (nSPS) is 12.7. The largest absolute Gasteiger partial charge is 0.508 e. The maximum Gasteiger partial charge on any atom is 0.269 e. The number of phenolic OH excluding ortho intramolecular Hbond substituents is 1. The number of hydrogen-bond acceptors (Lipinski definition) is 6. The summed E-state index contributed by atoms with van der Waals surface area (Å²) in [5, 5.41) is 49.9. The molecule has 0 aliphatic rings. The van der Waals surface area contributed by atoms with Gasteiger partial charge in [0.25, 0.3) is 5.69 Å². The monoisotopic (exact) mass is 371 g/mol. The summed E-state index contributed by atoms with van der Waals surface area (Å²) in [7, 11) is 0. The van der Waals surface area contributed by atoms with Gasteiger partial charge < -0.3 is 20.4 Å². The van der Waals surface area contributed by atoms with Crippen LogP contribution >= 0.6 is 0 Å². The average Bonchev–Trinajstić information content (AvgIpc) is 2.67. The number of rotatable bonds is 8. The minimum absolute atomic E-state index is 0.0633. The van der Waals surface area contributed by atoms with Crippen molar-refractivity contribution in [2.75, 3.05) is 6.61 Å². The van der Waals surface area contributed by atoms with Crippen LogP contribution in [-0.4, -0.2) is 32.0 Å². The lowest BCUT2D eigenvalue weighted by molar-refractivity contribution is -0.384. The molecule has 7 nitrogen and oxygen atoms in total. The van der Waals surface area contributed by atoms with Crippen LogP contribution in [-0.2, 0) is 0 Å². The first-order valence-electron chi connectivity index (χ1n) is 8.34. The lowest BCUT2D eigenvalue weighted by Gasteiger charge is -2.11. The van der Waals surface area contributed by atoms with Gasteiger partial charge >= 0.3 is 0 Å². The van der Waals surface area contributed by atoms with Crippen LogP contribution in [0.25, 0.3) is 0 Å². The molecular weight excluding hydrogens is 350 g/mol. The summed E-state index contributed by atoms with van der Waals surface area (Å²) in [6.07, 6.45) is 0.116. The number of nitro benzene ring substituents is 1. The fourth-order valence-electron chi connectivity index (χ4n) is 2.52. The number of hydrogen-bond donors (Lipinski definition) is 4. The lowest BCUT2D eigenvalue weighted by atomic mass is 10.0. The molecular formula is C20H21NO6. The second-order valence-electron chi connectivity index (χ2n) is 6.03. The highest BCUT2D eigenvalue weighted by Crippen LogP contribution is 2.24. The second-order valence-corrected chi connectivity index (χ2v) is 6.03. The number of nitro groups is 1. The van der Waals surface area contributed by atoms with Crippen molar-refractivity contribution < 1.29 is 25.3 Å². The fraction of sp³-hybridized carbons (Fsp3) is 0.250. The molecule has 0 heterocycles. The summed E-state index contributed by atoms with van der Waals surface area (Å²) in [6, 6.07) is 11.8. The van der Waals surface area contributed by atoms with Crippen molar-refractivity contribution in [2.24, 2.45) is 0 Å². The van der Waals surface area contributed by atoms with Crippen molar-refractivity contribution in [1.82, 2.24) is 0 Å². The molecule has 0 radical (unpaired) electrons. The van der Waals surface area contributed by atoms with E-state index in [1.54, 1.807) is 18.2 Å². The molecule has 2 atom stereocenters. The van der Waals surface area contributed by atoms with Crippen molar-refractivity contribution >= 4 is 5.69 Å². The van der Waals surface area contributed by atoms with Crippen molar-refractivity contribution in [2.45, 2.75) is 25.0 Å². The van der Waals surface area contributed by atoms with Gasteiger partial charge in [-0.15, -0.1) is 5.73 Å². The molecule has 2 aromatic rings. The standard InChI is InChI=1S/C20H21NO6/c22-13-14(3-1-6-19(24)16-4-2-5-18(23)12-16)11-20(25)15-7-9-17(10-8-15)21(26)27/h1-2,4-5,7-10,12,19-20,22-25H,6,11,13H2/t3?,19-,20-/m1/s1. The van der Waals surface area contributed by atoms with Gasteiger partial charge in [-0.2, -0.15) is 0 Å². The molecule has 4 N–H and O–H groups in total. The molecule has 0 aromatic heterocycles. The van der Waals surface area contributed by atoms with Gasteiger partial charge in [-0.25, -0.2) is 0 Å². The molecule has 0 amide bonds. The summed E-state index contributed by atoms with van der Waals surface area (Å²) < 4.78 is 0. The van der Waals surface area contributed by atoms with Crippen molar-refractivity contribution in [3.8, 4) is 5.75 Å². The minimum atomic E-state index is -0.940. The Kier molecular flexibility index (Phi) is 7.28. The molecule has 142 valence electrons. The summed E-state index contributed by atoms with van der Waals surface area (Å²) in [5.74, 6) is 0.0633. The number of aliphatic hydroxyl groups is 3. The molecule has 0 saturated heterocycles. The van der Waals surface area contributed by atoms with Crippen LogP contribution in [0.1, 0.15) is 36.2 Å². The van der Waals surface area contributed by atoms with E-state index in [-0.39, 0.29) is 30.9 Å². The van der Waals surface area contributed by atoms with Crippen LogP contribution in [0.2, 0.25) is 0 Å². The van der Waals surface area contributed by atoms with E-state index in [1.807, 2.05) is 0 Å². The number of nitrogens with zero attached hydrogens (tertiary/aromatic N) is 1. The predicted molar refractivity (Wildman–Crippen MR) is 99.0 cm³/mol.